The second-order valence-electron chi connectivity index (χ2n) is 8.82. The number of benzene rings is 3. The molecule has 0 fully saturated rings. The standard InChI is InChI=1S/C26H25N3O4/c1-26(2,3)23-22(20-11-7-6-10-18(20)15-21(30)31)24(29-28-23)27-25(32)33-19-13-12-16-8-4-5-9-17(16)14-19/h4-14H,15H2,1-3H3,(H,30,31)(H2,27,28,29,32). The maximum atomic E-state index is 12.7. The number of hydrogen-bond acceptors (Lipinski definition) is 4. The largest absolute Gasteiger partial charge is 0.481 e. The highest BCUT2D eigenvalue weighted by Gasteiger charge is 2.28. The van der Waals surface area contributed by atoms with Crippen LogP contribution in [0.15, 0.2) is 66.7 Å². The molecule has 3 N–H and O–H groups in total. The molecule has 1 aromatic heterocycles. The predicted octanol–water partition coefficient (Wildman–Crippen LogP) is 5.77. The summed E-state index contributed by atoms with van der Waals surface area (Å²) in [5.74, 6) is -0.174. The van der Waals surface area contributed by atoms with Crippen LogP contribution < -0.4 is 10.1 Å². The summed E-state index contributed by atoms with van der Waals surface area (Å²) >= 11 is 0. The summed E-state index contributed by atoms with van der Waals surface area (Å²) in [5, 5.41) is 21.5. The van der Waals surface area contributed by atoms with E-state index in [1.165, 1.54) is 0 Å². The normalized spacial score (nSPS) is 11.4. The number of carbonyl (C=O) groups excluding carboxylic acids is 1. The molecule has 3 aromatic carbocycles. The zero-order chi connectivity index (χ0) is 23.6. The van der Waals surface area contributed by atoms with Gasteiger partial charge in [0.05, 0.1) is 12.1 Å². The Labute approximate surface area is 191 Å². The van der Waals surface area contributed by atoms with Crippen molar-refractivity contribution in [2.45, 2.75) is 32.6 Å². The molecule has 1 heterocycles. The fourth-order valence-corrected chi connectivity index (χ4v) is 3.78. The van der Waals surface area contributed by atoms with Gasteiger partial charge in [-0.1, -0.05) is 75.4 Å². The Hall–Kier alpha value is -4.13. The molecule has 0 saturated carbocycles. The smallest absolute Gasteiger partial charge is 0.418 e. The quantitative estimate of drug-likeness (QED) is 0.363. The van der Waals surface area contributed by atoms with Crippen molar-refractivity contribution in [3.8, 4) is 16.9 Å². The number of aliphatic carboxylic acids is 1. The predicted molar refractivity (Wildman–Crippen MR) is 128 cm³/mol. The number of nitrogens with one attached hydrogen (secondary N) is 2. The molecule has 7 heteroatoms. The fourth-order valence-electron chi connectivity index (χ4n) is 3.78. The van der Waals surface area contributed by atoms with Crippen LogP contribution in [-0.2, 0) is 16.6 Å². The number of rotatable bonds is 5. The van der Waals surface area contributed by atoms with Crippen molar-refractivity contribution in [3.05, 3.63) is 78.0 Å². The molecule has 0 atom stereocenters. The van der Waals surface area contributed by atoms with Gasteiger partial charge in [0.2, 0.25) is 0 Å². The van der Waals surface area contributed by atoms with E-state index in [0.717, 1.165) is 10.8 Å². The lowest BCUT2D eigenvalue weighted by Crippen LogP contribution is -2.18. The molecular weight excluding hydrogens is 418 g/mol. The van der Waals surface area contributed by atoms with Gasteiger partial charge < -0.3 is 9.84 Å². The van der Waals surface area contributed by atoms with Crippen LogP contribution >= 0.6 is 0 Å². The first-order valence-electron chi connectivity index (χ1n) is 10.6. The number of H-pyrrole nitrogens is 1. The van der Waals surface area contributed by atoms with Gasteiger partial charge in [-0.2, -0.15) is 5.10 Å². The van der Waals surface area contributed by atoms with E-state index in [4.69, 9.17) is 4.74 Å². The number of aromatic amines is 1. The highest BCUT2D eigenvalue weighted by molar-refractivity contribution is 5.93. The number of ether oxygens (including phenoxy) is 1. The van der Waals surface area contributed by atoms with Crippen LogP contribution in [-0.4, -0.2) is 27.4 Å². The summed E-state index contributed by atoms with van der Waals surface area (Å²) in [6.07, 6.45) is -0.822. The van der Waals surface area contributed by atoms with Gasteiger partial charge in [-0.05, 0) is 34.0 Å². The van der Waals surface area contributed by atoms with Crippen molar-refractivity contribution in [2.24, 2.45) is 0 Å². The van der Waals surface area contributed by atoms with E-state index >= 15 is 0 Å². The van der Waals surface area contributed by atoms with Gasteiger partial charge >= 0.3 is 12.1 Å². The molecule has 0 radical (unpaired) electrons. The number of carboxylic acids is 1. The Balaban J connectivity index is 1.67. The number of hydrogen-bond donors (Lipinski definition) is 3. The van der Waals surface area contributed by atoms with Gasteiger partial charge in [-0.3, -0.25) is 15.2 Å². The molecule has 33 heavy (non-hydrogen) atoms. The Morgan fingerprint density at radius 3 is 2.42 bits per heavy atom. The molecule has 7 nitrogen and oxygen atoms in total. The first kappa shape index (κ1) is 22.1. The number of anilines is 1. The molecule has 0 bridgehead atoms. The van der Waals surface area contributed by atoms with Gasteiger partial charge in [0, 0.05) is 11.0 Å². The molecule has 0 saturated heterocycles. The number of carbonyl (C=O) groups is 2. The number of amides is 1. The molecule has 0 aliphatic carbocycles. The van der Waals surface area contributed by atoms with Gasteiger partial charge in [0.25, 0.3) is 0 Å². The van der Waals surface area contributed by atoms with Crippen LogP contribution in [0.1, 0.15) is 32.0 Å². The van der Waals surface area contributed by atoms with Gasteiger partial charge in [-0.15, -0.1) is 0 Å². The second kappa shape index (κ2) is 8.78. The Bertz CT molecular complexity index is 1330. The van der Waals surface area contributed by atoms with Crippen LogP contribution in [0.3, 0.4) is 0 Å². The highest BCUT2D eigenvalue weighted by Crippen LogP contribution is 2.38. The van der Waals surface area contributed by atoms with Crippen molar-refractivity contribution >= 4 is 28.7 Å². The zero-order valence-corrected chi connectivity index (χ0v) is 18.7. The van der Waals surface area contributed by atoms with Gasteiger partial charge in [0.1, 0.15) is 11.6 Å². The lowest BCUT2D eigenvalue weighted by atomic mass is 9.85. The number of carboxylic acid groups (broad SMARTS) is 1. The average molecular weight is 444 g/mol. The maximum Gasteiger partial charge on any atom is 0.418 e. The molecule has 0 spiro atoms. The van der Waals surface area contributed by atoms with E-state index in [9.17, 15) is 14.7 Å². The summed E-state index contributed by atoms with van der Waals surface area (Å²) in [6.45, 7) is 6.01. The topological polar surface area (TPSA) is 104 Å². The van der Waals surface area contributed by atoms with Crippen LogP contribution in [0.4, 0.5) is 10.6 Å². The number of fused-ring (bicyclic) bond motifs is 1. The molecule has 4 rings (SSSR count). The molecule has 4 aromatic rings. The van der Waals surface area contributed by atoms with E-state index in [1.54, 1.807) is 24.3 Å². The second-order valence-corrected chi connectivity index (χ2v) is 8.82. The van der Waals surface area contributed by atoms with Crippen LogP contribution in [0.25, 0.3) is 21.9 Å². The maximum absolute atomic E-state index is 12.7. The summed E-state index contributed by atoms with van der Waals surface area (Å²) in [7, 11) is 0. The SMILES string of the molecule is CC(C)(C)c1n[nH]c(NC(=O)Oc2ccc3ccccc3c2)c1-c1ccccc1CC(=O)O. The minimum atomic E-state index is -0.937. The van der Waals surface area contributed by atoms with Crippen molar-refractivity contribution in [2.75, 3.05) is 5.32 Å². The van der Waals surface area contributed by atoms with Gasteiger partial charge in [0.15, 0.2) is 0 Å². The third kappa shape index (κ3) is 4.87. The van der Waals surface area contributed by atoms with E-state index in [1.807, 2.05) is 63.2 Å². The average Bonchev–Trinajstić information content (AvgIpc) is 3.17. The van der Waals surface area contributed by atoms with Crippen LogP contribution in [0.5, 0.6) is 5.75 Å². The lowest BCUT2D eigenvalue weighted by Gasteiger charge is -2.19. The number of aromatic nitrogens is 2. The lowest BCUT2D eigenvalue weighted by molar-refractivity contribution is -0.136. The zero-order valence-electron chi connectivity index (χ0n) is 18.7. The van der Waals surface area contributed by atoms with Crippen molar-refractivity contribution in [1.29, 1.82) is 0 Å². The van der Waals surface area contributed by atoms with Gasteiger partial charge in [-0.25, -0.2) is 4.79 Å². The van der Waals surface area contributed by atoms with E-state index < -0.39 is 12.1 Å². The molecule has 0 aliphatic heterocycles. The van der Waals surface area contributed by atoms with E-state index in [2.05, 4.69) is 15.5 Å². The first-order valence-corrected chi connectivity index (χ1v) is 10.6. The Morgan fingerprint density at radius 2 is 1.70 bits per heavy atom. The molecule has 1 amide bonds. The monoisotopic (exact) mass is 443 g/mol. The summed E-state index contributed by atoms with van der Waals surface area (Å²) < 4.78 is 5.52. The Kier molecular flexibility index (Phi) is 5.87. The minimum absolute atomic E-state index is 0.147. The Morgan fingerprint density at radius 1 is 1.00 bits per heavy atom. The third-order valence-corrected chi connectivity index (χ3v) is 5.26. The van der Waals surface area contributed by atoms with E-state index in [0.29, 0.717) is 34.0 Å². The molecule has 0 unspecified atom stereocenters. The summed E-state index contributed by atoms with van der Waals surface area (Å²) in [5.41, 5.74) is 2.32. The molecule has 0 aliphatic rings. The summed E-state index contributed by atoms with van der Waals surface area (Å²) in [6, 6.07) is 20.4. The highest BCUT2D eigenvalue weighted by atomic mass is 16.6. The molecular formula is C26H25N3O4. The number of nitrogens with zero attached hydrogens (tertiary/aromatic N) is 1. The first-order chi connectivity index (χ1) is 15.7. The van der Waals surface area contributed by atoms with Crippen molar-refractivity contribution in [3.63, 3.8) is 0 Å². The third-order valence-electron chi connectivity index (χ3n) is 5.26. The fraction of sp³-hybridized carbons (Fsp3) is 0.192. The van der Waals surface area contributed by atoms with Crippen LogP contribution in [0.2, 0.25) is 0 Å². The van der Waals surface area contributed by atoms with E-state index in [-0.39, 0.29) is 11.8 Å². The van der Waals surface area contributed by atoms with Crippen molar-refractivity contribution in [1.82, 2.24) is 10.2 Å². The van der Waals surface area contributed by atoms with Crippen molar-refractivity contribution < 1.29 is 19.4 Å². The molecule has 168 valence electrons. The minimum Gasteiger partial charge on any atom is -0.481 e. The van der Waals surface area contributed by atoms with Crippen LogP contribution in [0, 0.1) is 0 Å². The summed E-state index contributed by atoms with van der Waals surface area (Å²) in [4.78, 5) is 24.2.